The van der Waals surface area contributed by atoms with Crippen LogP contribution in [0.15, 0.2) is 41.3 Å². The standard InChI is InChI=1S/C19H20N4O2/c1-22(2)19(25)15-11-20-23-17(24)10-16(21-18(15)23)14-8-6-13(7-9-14)12-4-3-5-12/h6-12,20H,3-5H2,1-2H3. The van der Waals surface area contributed by atoms with Gasteiger partial charge in [0.15, 0.2) is 5.65 Å². The molecule has 1 saturated carbocycles. The summed E-state index contributed by atoms with van der Waals surface area (Å²) < 4.78 is 1.29. The minimum Gasteiger partial charge on any atom is -0.345 e. The quantitative estimate of drug-likeness (QED) is 0.799. The molecule has 0 radical (unpaired) electrons. The molecular weight excluding hydrogens is 316 g/mol. The van der Waals surface area contributed by atoms with Crippen LogP contribution in [-0.4, -0.2) is 39.5 Å². The number of fused-ring (bicyclic) bond motifs is 1. The van der Waals surface area contributed by atoms with Gasteiger partial charge in [-0.2, -0.15) is 0 Å². The van der Waals surface area contributed by atoms with Crippen molar-refractivity contribution in [3.63, 3.8) is 0 Å². The highest BCUT2D eigenvalue weighted by Crippen LogP contribution is 2.36. The zero-order valence-corrected chi connectivity index (χ0v) is 14.3. The Morgan fingerprint density at radius 3 is 2.56 bits per heavy atom. The van der Waals surface area contributed by atoms with Crippen LogP contribution in [0.3, 0.4) is 0 Å². The fourth-order valence-corrected chi connectivity index (χ4v) is 3.20. The summed E-state index contributed by atoms with van der Waals surface area (Å²) in [5, 5.41) is 2.80. The Kier molecular flexibility index (Phi) is 3.67. The second-order valence-corrected chi connectivity index (χ2v) is 6.78. The van der Waals surface area contributed by atoms with E-state index in [0.29, 0.717) is 22.8 Å². The molecule has 2 heterocycles. The molecule has 6 heteroatoms. The molecule has 4 rings (SSSR count). The fourth-order valence-electron chi connectivity index (χ4n) is 3.20. The number of nitrogens with zero attached hydrogens (tertiary/aromatic N) is 3. The molecule has 3 aromatic rings. The van der Waals surface area contributed by atoms with E-state index in [1.165, 1.54) is 46.5 Å². The number of aromatic nitrogens is 3. The number of hydrogen-bond donors (Lipinski definition) is 1. The van der Waals surface area contributed by atoms with Crippen molar-refractivity contribution in [3.05, 3.63) is 58.0 Å². The van der Waals surface area contributed by atoms with Crippen molar-refractivity contribution in [2.75, 3.05) is 14.1 Å². The lowest BCUT2D eigenvalue weighted by molar-refractivity contribution is 0.0829. The molecule has 0 bridgehead atoms. The number of H-pyrrole nitrogens is 1. The molecule has 0 saturated heterocycles. The number of aromatic amines is 1. The van der Waals surface area contributed by atoms with E-state index in [2.05, 4.69) is 22.2 Å². The summed E-state index contributed by atoms with van der Waals surface area (Å²) in [6, 6.07) is 9.74. The van der Waals surface area contributed by atoms with Crippen LogP contribution in [0.1, 0.15) is 41.1 Å². The third kappa shape index (κ3) is 2.63. The van der Waals surface area contributed by atoms with Crippen molar-refractivity contribution >= 4 is 11.6 Å². The lowest BCUT2D eigenvalue weighted by Gasteiger charge is -2.25. The Morgan fingerprint density at radius 1 is 1.24 bits per heavy atom. The van der Waals surface area contributed by atoms with Crippen LogP contribution in [0.4, 0.5) is 0 Å². The number of benzene rings is 1. The first-order valence-corrected chi connectivity index (χ1v) is 8.48. The molecule has 1 aromatic carbocycles. The predicted molar refractivity (Wildman–Crippen MR) is 95.9 cm³/mol. The molecule has 1 amide bonds. The lowest BCUT2D eigenvalue weighted by atomic mass is 9.80. The molecule has 0 spiro atoms. The molecule has 0 unspecified atom stereocenters. The maximum atomic E-state index is 12.4. The lowest BCUT2D eigenvalue weighted by Crippen LogP contribution is -2.22. The average molecular weight is 336 g/mol. The van der Waals surface area contributed by atoms with Crippen molar-refractivity contribution in [3.8, 4) is 11.3 Å². The maximum absolute atomic E-state index is 12.4. The topological polar surface area (TPSA) is 70.5 Å². The molecule has 1 fully saturated rings. The molecule has 1 aliphatic carbocycles. The van der Waals surface area contributed by atoms with Gasteiger partial charge in [-0.15, -0.1) is 0 Å². The third-order valence-electron chi connectivity index (χ3n) is 4.92. The van der Waals surface area contributed by atoms with E-state index in [-0.39, 0.29) is 11.5 Å². The van der Waals surface area contributed by atoms with Crippen LogP contribution < -0.4 is 5.56 Å². The van der Waals surface area contributed by atoms with Crippen LogP contribution in [-0.2, 0) is 0 Å². The van der Waals surface area contributed by atoms with E-state index in [4.69, 9.17) is 0 Å². The largest absolute Gasteiger partial charge is 0.345 e. The molecule has 1 N–H and O–H groups in total. The Bertz CT molecular complexity index is 994. The van der Waals surface area contributed by atoms with Gasteiger partial charge in [0, 0.05) is 31.9 Å². The van der Waals surface area contributed by atoms with Crippen molar-refractivity contribution in [1.29, 1.82) is 0 Å². The number of carbonyl (C=O) groups is 1. The summed E-state index contributed by atoms with van der Waals surface area (Å²) in [7, 11) is 3.35. The Labute approximate surface area is 145 Å². The number of amides is 1. The molecule has 0 aliphatic heterocycles. The highest BCUT2D eigenvalue weighted by molar-refractivity contribution is 5.99. The second-order valence-electron chi connectivity index (χ2n) is 6.78. The molecule has 25 heavy (non-hydrogen) atoms. The van der Waals surface area contributed by atoms with Gasteiger partial charge in [-0.25, -0.2) is 9.50 Å². The van der Waals surface area contributed by atoms with Crippen molar-refractivity contribution in [2.45, 2.75) is 25.2 Å². The van der Waals surface area contributed by atoms with E-state index in [1.807, 2.05) is 12.1 Å². The van der Waals surface area contributed by atoms with Crippen molar-refractivity contribution in [1.82, 2.24) is 19.5 Å². The van der Waals surface area contributed by atoms with Gasteiger partial charge < -0.3 is 4.90 Å². The second kappa shape index (κ2) is 5.88. The zero-order valence-electron chi connectivity index (χ0n) is 14.3. The zero-order chi connectivity index (χ0) is 17.6. The average Bonchev–Trinajstić information content (AvgIpc) is 2.97. The van der Waals surface area contributed by atoms with Crippen molar-refractivity contribution in [2.24, 2.45) is 0 Å². The summed E-state index contributed by atoms with van der Waals surface area (Å²) in [5.74, 6) is 0.479. The van der Waals surface area contributed by atoms with Crippen LogP contribution >= 0.6 is 0 Å². The summed E-state index contributed by atoms with van der Waals surface area (Å²) in [4.78, 5) is 30.7. The minimum absolute atomic E-state index is 0.192. The van der Waals surface area contributed by atoms with Gasteiger partial charge in [0.2, 0.25) is 0 Å². The van der Waals surface area contributed by atoms with E-state index >= 15 is 0 Å². The summed E-state index contributed by atoms with van der Waals surface area (Å²) in [5.41, 5.74) is 3.31. The minimum atomic E-state index is -0.235. The Balaban J connectivity index is 1.78. The van der Waals surface area contributed by atoms with Gasteiger partial charge >= 0.3 is 0 Å². The van der Waals surface area contributed by atoms with E-state index in [0.717, 1.165) is 5.56 Å². The van der Waals surface area contributed by atoms with Gasteiger partial charge in [-0.3, -0.25) is 14.7 Å². The Hall–Kier alpha value is -2.89. The molecule has 2 aromatic heterocycles. The van der Waals surface area contributed by atoms with Crippen LogP contribution in [0, 0.1) is 0 Å². The first-order chi connectivity index (χ1) is 12.0. The first-order valence-electron chi connectivity index (χ1n) is 8.48. The monoisotopic (exact) mass is 336 g/mol. The van der Waals surface area contributed by atoms with E-state index in [9.17, 15) is 9.59 Å². The van der Waals surface area contributed by atoms with Crippen LogP contribution in [0.5, 0.6) is 0 Å². The SMILES string of the molecule is CN(C)C(=O)c1c[nH]n2c(=O)cc(-c3ccc(C4CCC4)cc3)nc12. The normalized spacial score (nSPS) is 14.5. The van der Waals surface area contributed by atoms with E-state index in [1.54, 1.807) is 14.1 Å². The van der Waals surface area contributed by atoms with Crippen LogP contribution in [0.25, 0.3) is 16.9 Å². The molecule has 1 aliphatic rings. The highest BCUT2D eigenvalue weighted by Gasteiger charge is 2.20. The number of nitrogens with one attached hydrogen (secondary N) is 1. The maximum Gasteiger partial charge on any atom is 0.273 e. The van der Waals surface area contributed by atoms with Gasteiger partial charge in [-0.1, -0.05) is 30.7 Å². The number of hydrogen-bond acceptors (Lipinski definition) is 3. The predicted octanol–water partition coefficient (Wildman–Crippen LogP) is 2.66. The molecule has 6 nitrogen and oxygen atoms in total. The van der Waals surface area contributed by atoms with Gasteiger partial charge in [0.25, 0.3) is 11.5 Å². The van der Waals surface area contributed by atoms with E-state index < -0.39 is 0 Å². The smallest absolute Gasteiger partial charge is 0.273 e. The Morgan fingerprint density at radius 2 is 1.96 bits per heavy atom. The van der Waals surface area contributed by atoms with Crippen LogP contribution in [0.2, 0.25) is 0 Å². The van der Waals surface area contributed by atoms with Gasteiger partial charge in [0.05, 0.1) is 5.69 Å². The molecule has 0 atom stereocenters. The van der Waals surface area contributed by atoms with Gasteiger partial charge in [-0.05, 0) is 24.3 Å². The first kappa shape index (κ1) is 15.6. The molecular formula is C19H20N4O2. The summed E-state index contributed by atoms with van der Waals surface area (Å²) in [6.07, 6.45) is 5.33. The van der Waals surface area contributed by atoms with Crippen molar-refractivity contribution < 1.29 is 4.79 Å². The number of carbonyl (C=O) groups excluding carboxylic acids is 1. The molecule has 128 valence electrons. The third-order valence-corrected chi connectivity index (χ3v) is 4.92. The summed E-state index contributed by atoms with van der Waals surface area (Å²) in [6.45, 7) is 0. The summed E-state index contributed by atoms with van der Waals surface area (Å²) >= 11 is 0. The van der Waals surface area contributed by atoms with Gasteiger partial charge in [0.1, 0.15) is 5.56 Å². The number of rotatable bonds is 3. The highest BCUT2D eigenvalue weighted by atomic mass is 16.2. The fraction of sp³-hybridized carbons (Fsp3) is 0.316.